The van der Waals surface area contributed by atoms with Crippen LogP contribution in [0.4, 0.5) is 5.69 Å². The largest absolute Gasteiger partial charge is 0.322 e. The molecule has 1 atom stereocenters. The van der Waals surface area contributed by atoms with Crippen LogP contribution in [0.5, 0.6) is 0 Å². The Bertz CT molecular complexity index is 1310. The fourth-order valence-electron chi connectivity index (χ4n) is 3.16. The van der Waals surface area contributed by atoms with Gasteiger partial charge in [0.1, 0.15) is 6.33 Å². The molecule has 1 saturated heterocycles. The Morgan fingerprint density at radius 1 is 1.13 bits per heavy atom. The number of nitrogens with one attached hydrogen (secondary N) is 2. The monoisotopic (exact) mass is 462 g/mol. The Kier molecular flexibility index (Phi) is 5.56. The van der Waals surface area contributed by atoms with Crippen LogP contribution in [0.2, 0.25) is 0 Å². The molecule has 2 heterocycles. The van der Waals surface area contributed by atoms with Crippen LogP contribution < -0.4 is 10.0 Å². The van der Waals surface area contributed by atoms with Crippen molar-refractivity contribution < 1.29 is 21.6 Å². The molecule has 1 fully saturated rings. The van der Waals surface area contributed by atoms with Gasteiger partial charge in [0, 0.05) is 17.3 Å². The number of carbonyl (C=O) groups is 1. The number of aromatic nitrogens is 4. The lowest BCUT2D eigenvalue weighted by molar-refractivity contribution is 0.102. The Labute approximate surface area is 178 Å². The van der Waals surface area contributed by atoms with Gasteiger partial charge in [-0.05, 0) is 59.3 Å². The van der Waals surface area contributed by atoms with Crippen LogP contribution in [-0.2, 0) is 19.9 Å². The van der Waals surface area contributed by atoms with Crippen molar-refractivity contribution in [1.82, 2.24) is 24.9 Å². The van der Waals surface area contributed by atoms with Crippen molar-refractivity contribution in [2.45, 2.75) is 17.4 Å². The Balaban J connectivity index is 1.46. The Hall–Kier alpha value is -3.16. The summed E-state index contributed by atoms with van der Waals surface area (Å²) in [6, 6.07) is 11.6. The quantitative estimate of drug-likeness (QED) is 0.533. The van der Waals surface area contributed by atoms with E-state index in [0.717, 1.165) is 0 Å². The molecule has 0 spiro atoms. The zero-order chi connectivity index (χ0) is 22.1. The summed E-state index contributed by atoms with van der Waals surface area (Å²) in [5, 5.41) is 13.6. The van der Waals surface area contributed by atoms with Crippen LogP contribution in [0.3, 0.4) is 0 Å². The number of rotatable bonds is 6. The molecule has 1 aliphatic rings. The van der Waals surface area contributed by atoms with E-state index in [2.05, 4.69) is 25.6 Å². The van der Waals surface area contributed by atoms with Crippen LogP contribution in [0.1, 0.15) is 16.8 Å². The van der Waals surface area contributed by atoms with Gasteiger partial charge in [-0.15, -0.1) is 5.10 Å². The van der Waals surface area contributed by atoms with E-state index in [-0.39, 0.29) is 28.4 Å². The molecule has 0 aliphatic carbocycles. The van der Waals surface area contributed by atoms with Crippen molar-refractivity contribution in [2.24, 2.45) is 0 Å². The van der Waals surface area contributed by atoms with E-state index in [9.17, 15) is 21.6 Å². The van der Waals surface area contributed by atoms with E-state index in [4.69, 9.17) is 0 Å². The molecule has 4 rings (SSSR count). The van der Waals surface area contributed by atoms with Crippen LogP contribution in [0.15, 0.2) is 59.8 Å². The van der Waals surface area contributed by atoms with Crippen LogP contribution in [-0.4, -0.2) is 60.5 Å². The lowest BCUT2D eigenvalue weighted by Crippen LogP contribution is -2.35. The van der Waals surface area contributed by atoms with Gasteiger partial charge in [0.25, 0.3) is 5.91 Å². The zero-order valence-corrected chi connectivity index (χ0v) is 17.7. The SMILES string of the molecule is O=C(Nc1ccc(-n2cnnn2)cc1)c1cccc(S(=O)(=O)NC2CCS(=O)(=O)C2)c1. The fourth-order valence-corrected chi connectivity index (χ4v) is 6.26. The average molecular weight is 463 g/mol. The van der Waals surface area contributed by atoms with Gasteiger partial charge in [0.15, 0.2) is 9.84 Å². The Morgan fingerprint density at radius 3 is 2.55 bits per heavy atom. The van der Waals surface area contributed by atoms with Crippen molar-refractivity contribution in [3.05, 3.63) is 60.4 Å². The molecule has 0 bridgehead atoms. The minimum absolute atomic E-state index is 0.0468. The highest BCUT2D eigenvalue weighted by atomic mass is 32.2. The second-order valence-corrected chi connectivity index (χ2v) is 10.9. The van der Waals surface area contributed by atoms with Crippen molar-refractivity contribution in [3.63, 3.8) is 0 Å². The number of hydrogen-bond acceptors (Lipinski definition) is 8. The molecule has 1 amide bonds. The number of nitrogens with zero attached hydrogens (tertiary/aromatic N) is 4. The number of tetrazole rings is 1. The molecule has 31 heavy (non-hydrogen) atoms. The van der Waals surface area contributed by atoms with Gasteiger partial charge in [-0.2, -0.15) is 0 Å². The van der Waals surface area contributed by atoms with E-state index in [0.29, 0.717) is 11.4 Å². The first-order valence-electron chi connectivity index (χ1n) is 9.19. The third-order valence-electron chi connectivity index (χ3n) is 4.70. The van der Waals surface area contributed by atoms with Crippen molar-refractivity contribution in [1.29, 1.82) is 0 Å². The number of amides is 1. The van der Waals surface area contributed by atoms with Gasteiger partial charge in [-0.1, -0.05) is 6.07 Å². The summed E-state index contributed by atoms with van der Waals surface area (Å²) in [6.07, 6.45) is 1.66. The normalized spacial score (nSPS) is 18.0. The maximum absolute atomic E-state index is 12.6. The van der Waals surface area contributed by atoms with Crippen molar-refractivity contribution in [3.8, 4) is 5.69 Å². The molecule has 13 heteroatoms. The molecule has 2 aromatic carbocycles. The first-order valence-corrected chi connectivity index (χ1v) is 12.5. The second-order valence-electron chi connectivity index (χ2n) is 7.00. The molecular weight excluding hydrogens is 444 g/mol. The Morgan fingerprint density at radius 2 is 1.90 bits per heavy atom. The molecule has 11 nitrogen and oxygen atoms in total. The number of anilines is 1. The van der Waals surface area contributed by atoms with Gasteiger partial charge < -0.3 is 5.32 Å². The van der Waals surface area contributed by atoms with E-state index in [1.54, 1.807) is 24.3 Å². The number of carbonyl (C=O) groups excluding carboxylic acids is 1. The highest BCUT2D eigenvalue weighted by Gasteiger charge is 2.31. The minimum Gasteiger partial charge on any atom is -0.322 e. The van der Waals surface area contributed by atoms with Gasteiger partial charge in [-0.25, -0.2) is 26.2 Å². The number of sulfonamides is 1. The molecule has 1 unspecified atom stereocenters. The third kappa shape index (κ3) is 4.95. The first kappa shape index (κ1) is 21.1. The molecule has 1 aromatic heterocycles. The molecule has 0 saturated carbocycles. The predicted octanol–water partition coefficient (Wildman–Crippen LogP) is 0.380. The standard InChI is InChI=1S/C18H18N6O5S2/c25-18(20-14-4-6-16(7-5-14)24-12-19-22-23-24)13-2-1-3-17(10-13)31(28,29)21-15-8-9-30(26,27)11-15/h1-7,10,12,15,21H,8-9,11H2,(H,20,25). The van der Waals surface area contributed by atoms with Crippen LogP contribution in [0.25, 0.3) is 5.69 Å². The van der Waals surface area contributed by atoms with Crippen LogP contribution >= 0.6 is 0 Å². The van der Waals surface area contributed by atoms with E-state index >= 15 is 0 Å². The van der Waals surface area contributed by atoms with Crippen molar-refractivity contribution >= 4 is 31.5 Å². The van der Waals surface area contributed by atoms with Gasteiger partial charge in [0.05, 0.1) is 22.1 Å². The molecule has 0 radical (unpaired) electrons. The maximum atomic E-state index is 12.6. The average Bonchev–Trinajstić information content (AvgIpc) is 3.38. The van der Waals surface area contributed by atoms with E-state index < -0.39 is 31.8 Å². The van der Waals surface area contributed by atoms with E-state index in [1.807, 2.05) is 0 Å². The molecule has 2 N–H and O–H groups in total. The van der Waals surface area contributed by atoms with E-state index in [1.165, 1.54) is 35.3 Å². The molecule has 3 aromatic rings. The van der Waals surface area contributed by atoms with Crippen LogP contribution in [0, 0.1) is 0 Å². The smallest absolute Gasteiger partial charge is 0.255 e. The fraction of sp³-hybridized carbons (Fsp3) is 0.222. The second kappa shape index (κ2) is 8.17. The third-order valence-corrected chi connectivity index (χ3v) is 7.99. The summed E-state index contributed by atoms with van der Waals surface area (Å²) in [4.78, 5) is 12.5. The summed E-state index contributed by atoms with van der Waals surface area (Å²) in [7, 11) is -7.20. The molecule has 162 valence electrons. The number of benzene rings is 2. The minimum atomic E-state index is -3.97. The summed E-state index contributed by atoms with van der Waals surface area (Å²) < 4.78 is 52.3. The summed E-state index contributed by atoms with van der Waals surface area (Å²) in [5.74, 6) is -0.766. The zero-order valence-electron chi connectivity index (χ0n) is 16.0. The maximum Gasteiger partial charge on any atom is 0.255 e. The summed E-state index contributed by atoms with van der Waals surface area (Å²) in [6.45, 7) is 0. The summed E-state index contributed by atoms with van der Waals surface area (Å²) >= 11 is 0. The summed E-state index contributed by atoms with van der Waals surface area (Å²) in [5.41, 5.74) is 1.35. The highest BCUT2D eigenvalue weighted by molar-refractivity contribution is 7.92. The highest BCUT2D eigenvalue weighted by Crippen LogP contribution is 2.18. The number of sulfone groups is 1. The van der Waals surface area contributed by atoms with Gasteiger partial charge in [0.2, 0.25) is 10.0 Å². The van der Waals surface area contributed by atoms with Gasteiger partial charge in [-0.3, -0.25) is 4.79 Å². The lowest BCUT2D eigenvalue weighted by atomic mass is 10.2. The van der Waals surface area contributed by atoms with Crippen molar-refractivity contribution in [2.75, 3.05) is 16.8 Å². The lowest BCUT2D eigenvalue weighted by Gasteiger charge is -2.12. The molecule has 1 aliphatic heterocycles. The predicted molar refractivity (Wildman–Crippen MR) is 111 cm³/mol. The molecular formula is C18H18N6O5S2. The number of hydrogen-bond donors (Lipinski definition) is 2. The van der Waals surface area contributed by atoms with Gasteiger partial charge >= 0.3 is 0 Å². The topological polar surface area (TPSA) is 153 Å². The first-order chi connectivity index (χ1) is 14.7.